The minimum absolute atomic E-state index is 0.0501. The number of nitrogens with zero attached hydrogens (tertiary/aromatic N) is 6. The number of nitro groups is 2. The molecule has 236 valence electrons. The van der Waals surface area contributed by atoms with Crippen molar-refractivity contribution in [3.05, 3.63) is 85.2 Å². The molecule has 6 aromatic rings. The first kappa shape index (κ1) is 32.0. The molecule has 6 rings (SSSR count). The zero-order chi connectivity index (χ0) is 32.7. The average molecular weight is 620 g/mol. The van der Waals surface area contributed by atoms with Gasteiger partial charge in [-0.15, -0.1) is 10.2 Å². The summed E-state index contributed by atoms with van der Waals surface area (Å²) in [7, 11) is 0. The summed E-state index contributed by atoms with van der Waals surface area (Å²) < 4.78 is 14.5. The van der Waals surface area contributed by atoms with Gasteiger partial charge in [-0.1, -0.05) is 0 Å². The summed E-state index contributed by atoms with van der Waals surface area (Å²) >= 11 is 0. The quantitative estimate of drug-likeness (QED) is 0.115. The van der Waals surface area contributed by atoms with Crippen LogP contribution in [-0.2, 0) is 13.1 Å². The van der Waals surface area contributed by atoms with Gasteiger partial charge in [0, 0.05) is 43.0 Å². The number of ether oxygens (including phenoxy) is 2. The molecule has 0 aliphatic carbocycles. The SMILES string of the molecule is CCOc1nn(CC)c2ccc(N)cc12.CCOc1nn(CC)c2ccc([N+](=O)[O-])cc12.O=c1[nH][nH]c2ccc([N+](=O)[O-])cc12. The molecule has 3 aromatic heterocycles. The number of non-ortho nitro benzene ring substituents is 2. The normalized spacial score (nSPS) is 10.7. The lowest BCUT2D eigenvalue weighted by Crippen LogP contribution is -1.97. The molecule has 45 heavy (non-hydrogen) atoms. The molecule has 0 radical (unpaired) electrons. The fourth-order valence-corrected chi connectivity index (χ4v) is 4.52. The van der Waals surface area contributed by atoms with Crippen molar-refractivity contribution in [2.45, 2.75) is 40.8 Å². The van der Waals surface area contributed by atoms with Gasteiger partial charge in [0.25, 0.3) is 16.9 Å². The van der Waals surface area contributed by atoms with Crippen molar-refractivity contribution in [2.75, 3.05) is 18.9 Å². The third-order valence-electron chi connectivity index (χ3n) is 6.58. The zero-order valence-corrected chi connectivity index (χ0v) is 25.1. The Morgan fingerprint density at radius 2 is 1.22 bits per heavy atom. The van der Waals surface area contributed by atoms with E-state index in [4.69, 9.17) is 15.2 Å². The summed E-state index contributed by atoms with van der Waals surface area (Å²) in [6, 6.07) is 14.5. The lowest BCUT2D eigenvalue weighted by Gasteiger charge is -1.98. The lowest BCUT2D eigenvalue weighted by atomic mass is 10.2. The molecule has 0 fully saturated rings. The first-order chi connectivity index (χ1) is 21.6. The Kier molecular flexibility index (Phi) is 9.97. The number of rotatable bonds is 8. The fourth-order valence-electron chi connectivity index (χ4n) is 4.52. The van der Waals surface area contributed by atoms with Crippen LogP contribution >= 0.6 is 0 Å². The Morgan fingerprint density at radius 1 is 0.733 bits per heavy atom. The predicted octanol–water partition coefficient (Wildman–Crippen LogP) is 5.16. The highest BCUT2D eigenvalue weighted by Crippen LogP contribution is 2.29. The van der Waals surface area contributed by atoms with E-state index in [0.717, 1.165) is 28.7 Å². The molecule has 4 N–H and O–H groups in total. The summed E-state index contributed by atoms with van der Waals surface area (Å²) in [5, 5.41) is 36.6. The number of nitro benzene ring substituents is 2. The molecular weight excluding hydrogens is 586 g/mol. The van der Waals surface area contributed by atoms with Crippen molar-refractivity contribution in [2.24, 2.45) is 0 Å². The zero-order valence-electron chi connectivity index (χ0n) is 25.1. The molecular formula is C29H33N9O7. The number of hydrogen-bond donors (Lipinski definition) is 3. The van der Waals surface area contributed by atoms with E-state index in [-0.39, 0.29) is 16.9 Å². The minimum Gasteiger partial charge on any atom is -0.476 e. The molecule has 0 bridgehead atoms. The van der Waals surface area contributed by atoms with E-state index in [9.17, 15) is 25.0 Å². The summed E-state index contributed by atoms with van der Waals surface area (Å²) in [5.74, 6) is 1.12. The van der Waals surface area contributed by atoms with Gasteiger partial charge < -0.3 is 15.2 Å². The van der Waals surface area contributed by atoms with Gasteiger partial charge in [-0.25, -0.2) is 0 Å². The summed E-state index contributed by atoms with van der Waals surface area (Å²) in [5.41, 5.74) is 8.58. The highest BCUT2D eigenvalue weighted by atomic mass is 16.6. The minimum atomic E-state index is -0.536. The number of aryl methyl sites for hydroxylation is 2. The highest BCUT2D eigenvalue weighted by molar-refractivity contribution is 5.88. The monoisotopic (exact) mass is 619 g/mol. The summed E-state index contributed by atoms with van der Waals surface area (Å²) in [4.78, 5) is 31.2. The van der Waals surface area contributed by atoms with Gasteiger partial charge in [0.15, 0.2) is 0 Å². The fraction of sp³-hybridized carbons (Fsp3) is 0.276. The first-order valence-corrected chi connectivity index (χ1v) is 14.1. The van der Waals surface area contributed by atoms with Gasteiger partial charge in [-0.3, -0.25) is 44.6 Å². The number of nitrogen functional groups attached to an aromatic ring is 1. The second-order valence-corrected chi connectivity index (χ2v) is 9.41. The largest absolute Gasteiger partial charge is 0.476 e. The molecule has 0 unspecified atom stereocenters. The number of fused-ring (bicyclic) bond motifs is 3. The van der Waals surface area contributed by atoms with Crippen LogP contribution in [0.25, 0.3) is 32.7 Å². The van der Waals surface area contributed by atoms with Crippen molar-refractivity contribution in [3.8, 4) is 11.8 Å². The Bertz CT molecular complexity index is 2020. The Morgan fingerprint density at radius 3 is 1.73 bits per heavy atom. The van der Waals surface area contributed by atoms with E-state index in [0.29, 0.717) is 47.8 Å². The van der Waals surface area contributed by atoms with Crippen molar-refractivity contribution < 1.29 is 19.3 Å². The number of anilines is 1. The van der Waals surface area contributed by atoms with E-state index >= 15 is 0 Å². The number of nitrogens with two attached hydrogens (primary N) is 1. The molecule has 3 heterocycles. The average Bonchev–Trinajstić information content (AvgIpc) is 3.70. The van der Waals surface area contributed by atoms with E-state index in [2.05, 4.69) is 27.3 Å². The molecule has 0 spiro atoms. The molecule has 0 saturated carbocycles. The Hall–Kier alpha value is -5.93. The van der Waals surface area contributed by atoms with Crippen LogP contribution < -0.4 is 20.8 Å². The van der Waals surface area contributed by atoms with Crippen LogP contribution in [-0.4, -0.2) is 52.8 Å². The van der Waals surface area contributed by atoms with Crippen LogP contribution in [0.4, 0.5) is 17.1 Å². The number of H-pyrrole nitrogens is 2. The van der Waals surface area contributed by atoms with Crippen molar-refractivity contribution in [1.29, 1.82) is 0 Å². The molecule has 16 heteroatoms. The van der Waals surface area contributed by atoms with Crippen LogP contribution in [0.15, 0.2) is 59.4 Å². The maximum absolute atomic E-state index is 11.0. The lowest BCUT2D eigenvalue weighted by molar-refractivity contribution is -0.384. The van der Waals surface area contributed by atoms with E-state index < -0.39 is 9.85 Å². The van der Waals surface area contributed by atoms with E-state index in [1.165, 1.54) is 30.3 Å². The maximum atomic E-state index is 11.0. The van der Waals surface area contributed by atoms with Gasteiger partial charge in [0.1, 0.15) is 0 Å². The predicted molar refractivity (Wildman–Crippen MR) is 170 cm³/mol. The number of benzene rings is 3. The van der Waals surface area contributed by atoms with Crippen LogP contribution in [0.5, 0.6) is 11.8 Å². The highest BCUT2D eigenvalue weighted by Gasteiger charge is 2.15. The van der Waals surface area contributed by atoms with Gasteiger partial charge in [0.05, 0.1) is 55.8 Å². The summed E-state index contributed by atoms with van der Waals surface area (Å²) in [6.45, 7) is 10.4. The van der Waals surface area contributed by atoms with Gasteiger partial charge in [0.2, 0.25) is 11.8 Å². The second-order valence-electron chi connectivity index (χ2n) is 9.41. The standard InChI is InChI=1S/C11H13N3O3.C11H15N3O.C7H5N3O3/c1-3-13-10-6-5-8(14(15)16)7-9(10)11(12-13)17-4-2;1-3-14-10-6-5-8(12)7-9(10)11(13-14)15-4-2;11-7-5-3-4(10(12)13)1-2-6(5)8-9-7/h5-7H,3-4H2,1-2H3;5-7H,3-4,12H2,1-2H3;1-3H,(H2,8,9,11). The maximum Gasteiger partial charge on any atom is 0.272 e. The molecule has 0 aliphatic heterocycles. The molecule has 0 saturated heterocycles. The van der Waals surface area contributed by atoms with Crippen LogP contribution in [0.2, 0.25) is 0 Å². The van der Waals surface area contributed by atoms with Crippen molar-refractivity contribution in [1.82, 2.24) is 29.8 Å². The third-order valence-corrected chi connectivity index (χ3v) is 6.58. The molecule has 0 amide bonds. The van der Waals surface area contributed by atoms with Crippen LogP contribution in [0, 0.1) is 20.2 Å². The van der Waals surface area contributed by atoms with Gasteiger partial charge in [-0.05, 0) is 58.0 Å². The molecule has 16 nitrogen and oxygen atoms in total. The van der Waals surface area contributed by atoms with E-state index in [1.807, 2.05) is 43.7 Å². The number of aromatic amines is 2. The van der Waals surface area contributed by atoms with Crippen LogP contribution in [0.1, 0.15) is 27.7 Å². The third kappa shape index (κ3) is 7.01. The number of nitrogens with one attached hydrogen (secondary N) is 2. The second kappa shape index (κ2) is 14.0. The van der Waals surface area contributed by atoms with Gasteiger partial charge >= 0.3 is 0 Å². The van der Waals surface area contributed by atoms with E-state index in [1.54, 1.807) is 10.7 Å². The Labute approximate surface area is 255 Å². The van der Waals surface area contributed by atoms with Crippen molar-refractivity contribution >= 4 is 49.8 Å². The topological polar surface area (TPSA) is 215 Å². The molecule has 0 aliphatic rings. The molecule has 3 aromatic carbocycles. The first-order valence-electron chi connectivity index (χ1n) is 14.1. The van der Waals surface area contributed by atoms with Gasteiger partial charge in [-0.2, -0.15) is 0 Å². The molecule has 0 atom stereocenters. The summed E-state index contributed by atoms with van der Waals surface area (Å²) in [6.07, 6.45) is 0. The van der Waals surface area contributed by atoms with Crippen LogP contribution in [0.3, 0.4) is 0 Å². The number of aromatic nitrogens is 6. The smallest absolute Gasteiger partial charge is 0.272 e. The Balaban J connectivity index is 0.000000155. The number of hydrogen-bond acceptors (Lipinski definition) is 10. The van der Waals surface area contributed by atoms with Crippen molar-refractivity contribution in [3.63, 3.8) is 0 Å².